The van der Waals surface area contributed by atoms with Crippen LogP contribution in [0.3, 0.4) is 0 Å². The fourth-order valence-electron chi connectivity index (χ4n) is 1.90. The molecule has 0 aliphatic rings. The normalized spacial score (nSPS) is 16.8. The van der Waals surface area contributed by atoms with E-state index in [-0.39, 0.29) is 0 Å². The summed E-state index contributed by atoms with van der Waals surface area (Å²) in [5, 5.41) is 0. The van der Waals surface area contributed by atoms with Crippen molar-refractivity contribution in [1.29, 1.82) is 0 Å². The second-order valence-corrected chi connectivity index (χ2v) is 5.08. The molecule has 0 aliphatic carbocycles. The molecule has 0 aromatic heterocycles. The van der Waals surface area contributed by atoms with Gasteiger partial charge in [-0.3, -0.25) is 0 Å². The van der Waals surface area contributed by atoms with Crippen LogP contribution in [0.1, 0.15) is 59.8 Å². The molecule has 0 spiro atoms. The maximum absolute atomic E-state index is 10.3. The number of aldehydes is 1. The summed E-state index contributed by atoms with van der Waals surface area (Å²) in [5.74, 6) is 1.23. The number of ether oxygens (including phenoxy) is 1. The van der Waals surface area contributed by atoms with Crippen LogP contribution in [0.25, 0.3) is 0 Å². The van der Waals surface area contributed by atoms with Crippen molar-refractivity contribution in [3.8, 4) is 0 Å². The minimum atomic E-state index is 0.393. The van der Waals surface area contributed by atoms with Gasteiger partial charge in [0.2, 0.25) is 0 Å². The summed E-state index contributed by atoms with van der Waals surface area (Å²) in [5.41, 5.74) is 0. The highest BCUT2D eigenvalue weighted by Crippen LogP contribution is 2.18. The summed E-state index contributed by atoms with van der Waals surface area (Å²) in [6.45, 7) is 9.57. The van der Waals surface area contributed by atoms with E-state index in [4.69, 9.17) is 4.74 Å². The molecule has 2 heteroatoms. The van der Waals surface area contributed by atoms with Gasteiger partial charge in [-0.2, -0.15) is 0 Å². The highest BCUT2D eigenvalue weighted by atomic mass is 16.5. The van der Waals surface area contributed by atoms with Gasteiger partial charge >= 0.3 is 0 Å². The Morgan fingerprint density at radius 2 is 1.88 bits per heavy atom. The molecule has 0 saturated heterocycles. The van der Waals surface area contributed by atoms with Crippen molar-refractivity contribution < 1.29 is 9.53 Å². The topological polar surface area (TPSA) is 26.3 Å². The van der Waals surface area contributed by atoms with E-state index in [1.54, 1.807) is 0 Å². The molecule has 16 heavy (non-hydrogen) atoms. The van der Waals surface area contributed by atoms with Gasteiger partial charge in [-0.15, -0.1) is 0 Å². The lowest BCUT2D eigenvalue weighted by atomic mass is 9.92. The Labute approximate surface area is 101 Å². The van der Waals surface area contributed by atoms with Crippen molar-refractivity contribution in [3.63, 3.8) is 0 Å². The molecular formula is C14H28O2. The number of hydrogen-bond acceptors (Lipinski definition) is 2. The van der Waals surface area contributed by atoms with Crippen molar-refractivity contribution >= 4 is 6.29 Å². The summed E-state index contributed by atoms with van der Waals surface area (Å²) in [4.78, 5) is 10.3. The first-order valence-electron chi connectivity index (χ1n) is 6.65. The van der Waals surface area contributed by atoms with Gasteiger partial charge < -0.3 is 9.53 Å². The van der Waals surface area contributed by atoms with Gasteiger partial charge in [0.1, 0.15) is 6.29 Å². The van der Waals surface area contributed by atoms with Gasteiger partial charge in [0, 0.05) is 13.0 Å². The van der Waals surface area contributed by atoms with Crippen LogP contribution < -0.4 is 0 Å². The standard InChI is InChI=1S/C14H28O2/c1-5-14(4)16-10-6-7-12(2)11-13(3)8-9-15/h9,12-14H,5-8,10-11H2,1-4H3. The molecule has 0 aromatic carbocycles. The lowest BCUT2D eigenvalue weighted by molar-refractivity contribution is -0.108. The first-order valence-corrected chi connectivity index (χ1v) is 6.65. The van der Waals surface area contributed by atoms with Crippen LogP contribution in [-0.4, -0.2) is 19.0 Å². The van der Waals surface area contributed by atoms with Crippen LogP contribution in [0, 0.1) is 11.8 Å². The quantitative estimate of drug-likeness (QED) is 0.419. The maximum atomic E-state index is 10.3. The second kappa shape index (κ2) is 9.83. The van der Waals surface area contributed by atoms with Crippen molar-refractivity contribution in [2.75, 3.05) is 6.61 Å². The molecule has 3 atom stereocenters. The number of hydrogen-bond donors (Lipinski definition) is 0. The Hall–Kier alpha value is -0.370. The first kappa shape index (κ1) is 15.6. The summed E-state index contributed by atoms with van der Waals surface area (Å²) in [6, 6.07) is 0. The Morgan fingerprint density at radius 3 is 2.44 bits per heavy atom. The Morgan fingerprint density at radius 1 is 1.19 bits per heavy atom. The van der Waals surface area contributed by atoms with Crippen molar-refractivity contribution in [1.82, 2.24) is 0 Å². The molecule has 0 N–H and O–H groups in total. The molecule has 0 bridgehead atoms. The van der Waals surface area contributed by atoms with Crippen LogP contribution in [0.2, 0.25) is 0 Å². The number of carbonyl (C=O) groups is 1. The van der Waals surface area contributed by atoms with E-state index < -0.39 is 0 Å². The molecule has 96 valence electrons. The van der Waals surface area contributed by atoms with Gasteiger partial charge in [-0.05, 0) is 44.4 Å². The van der Waals surface area contributed by atoms with Crippen molar-refractivity contribution in [2.45, 2.75) is 65.9 Å². The average Bonchev–Trinajstić information content (AvgIpc) is 2.24. The molecule has 0 rings (SSSR count). The van der Waals surface area contributed by atoms with Crippen LogP contribution in [-0.2, 0) is 9.53 Å². The van der Waals surface area contributed by atoms with Gasteiger partial charge in [0.05, 0.1) is 6.10 Å². The Balaban J connectivity index is 3.42. The average molecular weight is 228 g/mol. The molecule has 2 nitrogen and oxygen atoms in total. The van der Waals surface area contributed by atoms with Gasteiger partial charge in [-0.25, -0.2) is 0 Å². The largest absolute Gasteiger partial charge is 0.379 e. The third-order valence-corrected chi connectivity index (χ3v) is 3.12. The first-order chi connectivity index (χ1) is 7.60. The zero-order chi connectivity index (χ0) is 12.4. The lowest BCUT2D eigenvalue weighted by Gasteiger charge is -2.16. The SMILES string of the molecule is CCC(C)OCCCC(C)CC(C)CC=O. The molecule has 0 aliphatic heterocycles. The van der Waals surface area contributed by atoms with Gasteiger partial charge in [0.15, 0.2) is 0 Å². The maximum Gasteiger partial charge on any atom is 0.120 e. The van der Waals surface area contributed by atoms with E-state index in [9.17, 15) is 4.79 Å². The second-order valence-electron chi connectivity index (χ2n) is 5.08. The zero-order valence-electron chi connectivity index (χ0n) is 11.4. The fourth-order valence-corrected chi connectivity index (χ4v) is 1.90. The minimum Gasteiger partial charge on any atom is -0.379 e. The highest BCUT2D eigenvalue weighted by molar-refractivity contribution is 5.49. The summed E-state index contributed by atoms with van der Waals surface area (Å²) in [6.07, 6.45) is 6.72. The van der Waals surface area contributed by atoms with E-state index in [0.29, 0.717) is 24.4 Å². The molecule has 0 saturated carbocycles. The van der Waals surface area contributed by atoms with Crippen LogP contribution >= 0.6 is 0 Å². The van der Waals surface area contributed by atoms with E-state index in [1.165, 1.54) is 6.42 Å². The Bertz CT molecular complexity index is 168. The van der Waals surface area contributed by atoms with Crippen molar-refractivity contribution in [3.05, 3.63) is 0 Å². The summed E-state index contributed by atoms with van der Waals surface area (Å²) < 4.78 is 5.64. The molecule has 0 heterocycles. The predicted octanol–water partition coefficient (Wildman–Crippen LogP) is 3.83. The van der Waals surface area contributed by atoms with Crippen LogP contribution in [0.5, 0.6) is 0 Å². The zero-order valence-corrected chi connectivity index (χ0v) is 11.4. The molecular weight excluding hydrogens is 200 g/mol. The highest BCUT2D eigenvalue weighted by Gasteiger charge is 2.08. The van der Waals surface area contributed by atoms with Crippen molar-refractivity contribution in [2.24, 2.45) is 11.8 Å². The molecule has 0 fully saturated rings. The lowest BCUT2D eigenvalue weighted by Crippen LogP contribution is -2.09. The van der Waals surface area contributed by atoms with E-state index >= 15 is 0 Å². The predicted molar refractivity (Wildman–Crippen MR) is 68.6 cm³/mol. The fraction of sp³-hybridized carbons (Fsp3) is 0.929. The number of carbonyl (C=O) groups excluding carboxylic acids is 1. The third kappa shape index (κ3) is 8.90. The monoisotopic (exact) mass is 228 g/mol. The molecule has 0 radical (unpaired) electrons. The molecule has 3 unspecified atom stereocenters. The smallest absolute Gasteiger partial charge is 0.120 e. The Kier molecular flexibility index (Phi) is 9.60. The van der Waals surface area contributed by atoms with Gasteiger partial charge in [-0.1, -0.05) is 20.8 Å². The van der Waals surface area contributed by atoms with Gasteiger partial charge in [0.25, 0.3) is 0 Å². The third-order valence-electron chi connectivity index (χ3n) is 3.12. The summed E-state index contributed by atoms with van der Waals surface area (Å²) in [7, 11) is 0. The van der Waals surface area contributed by atoms with E-state index in [0.717, 1.165) is 32.2 Å². The van der Waals surface area contributed by atoms with Crippen LogP contribution in [0.15, 0.2) is 0 Å². The summed E-state index contributed by atoms with van der Waals surface area (Å²) >= 11 is 0. The van der Waals surface area contributed by atoms with E-state index in [2.05, 4.69) is 27.7 Å². The molecule has 0 amide bonds. The molecule has 0 aromatic rings. The van der Waals surface area contributed by atoms with Crippen LogP contribution in [0.4, 0.5) is 0 Å². The van der Waals surface area contributed by atoms with E-state index in [1.807, 2.05) is 0 Å². The number of rotatable bonds is 10. The minimum absolute atomic E-state index is 0.393.